The number of amides is 1. The predicted molar refractivity (Wildman–Crippen MR) is 81.0 cm³/mol. The quantitative estimate of drug-likeness (QED) is 0.590. The van der Waals surface area contributed by atoms with Crippen LogP contribution in [0.3, 0.4) is 0 Å². The molecule has 5 heteroatoms. The van der Waals surface area contributed by atoms with Gasteiger partial charge >= 0.3 is 12.1 Å². The second-order valence-corrected chi connectivity index (χ2v) is 6.72. The third-order valence-electron chi connectivity index (χ3n) is 3.63. The highest BCUT2D eigenvalue weighted by molar-refractivity contribution is 5.86. The molecule has 5 nitrogen and oxygen atoms in total. The summed E-state index contributed by atoms with van der Waals surface area (Å²) in [5.41, 5.74) is -0.527. The highest BCUT2D eigenvalue weighted by Crippen LogP contribution is 2.36. The Morgan fingerprint density at radius 1 is 1.33 bits per heavy atom. The van der Waals surface area contributed by atoms with Crippen LogP contribution in [0.2, 0.25) is 0 Å². The third-order valence-corrected chi connectivity index (χ3v) is 3.63. The number of carbonyl (C=O) groups is 2. The largest absolute Gasteiger partial charge is 0.467 e. The van der Waals surface area contributed by atoms with E-state index in [1.54, 1.807) is 0 Å². The molecule has 1 amide bonds. The van der Waals surface area contributed by atoms with E-state index >= 15 is 0 Å². The molecular formula is C16H27NO4. The molecule has 0 spiro atoms. The van der Waals surface area contributed by atoms with Crippen molar-refractivity contribution in [1.29, 1.82) is 0 Å². The van der Waals surface area contributed by atoms with Crippen LogP contribution >= 0.6 is 0 Å². The Morgan fingerprint density at radius 2 is 1.95 bits per heavy atom. The van der Waals surface area contributed by atoms with Crippen molar-refractivity contribution >= 4 is 12.1 Å². The fourth-order valence-electron chi connectivity index (χ4n) is 2.65. The van der Waals surface area contributed by atoms with Gasteiger partial charge in [-0.2, -0.15) is 0 Å². The van der Waals surface area contributed by atoms with Crippen molar-refractivity contribution in [3.05, 3.63) is 12.2 Å². The van der Waals surface area contributed by atoms with Gasteiger partial charge in [0, 0.05) is 6.54 Å². The summed E-state index contributed by atoms with van der Waals surface area (Å²) in [5, 5.41) is 0. The van der Waals surface area contributed by atoms with Crippen molar-refractivity contribution in [2.75, 3.05) is 13.7 Å². The summed E-state index contributed by atoms with van der Waals surface area (Å²) in [6.07, 6.45) is 2.12. The third kappa shape index (κ3) is 4.22. The maximum Gasteiger partial charge on any atom is 0.411 e. The lowest BCUT2D eigenvalue weighted by atomic mass is 9.89. The van der Waals surface area contributed by atoms with Crippen molar-refractivity contribution in [3.63, 3.8) is 0 Å². The first kappa shape index (κ1) is 17.5. The minimum absolute atomic E-state index is 0.368. The van der Waals surface area contributed by atoms with Crippen LogP contribution < -0.4 is 0 Å². The predicted octanol–water partition coefficient (Wildman–Crippen LogP) is 3.29. The van der Waals surface area contributed by atoms with Gasteiger partial charge in [-0.1, -0.05) is 5.57 Å². The molecule has 120 valence electrons. The molecule has 0 aliphatic carbocycles. The second kappa shape index (κ2) is 6.50. The number of carbonyl (C=O) groups excluding carboxylic acids is 2. The first-order valence-electron chi connectivity index (χ1n) is 7.36. The van der Waals surface area contributed by atoms with Gasteiger partial charge in [0.15, 0.2) is 0 Å². The highest BCUT2D eigenvalue weighted by atomic mass is 16.6. The fraction of sp³-hybridized carbons (Fsp3) is 0.750. The average Bonchev–Trinajstić information content (AvgIpc) is 2.78. The SMILES string of the molecule is C=C(C)CCC1(C(=O)OC)CCCN1C(=O)OC(C)(C)C. The number of nitrogens with zero attached hydrogens (tertiary/aromatic N) is 1. The Balaban J connectivity index is 3.01. The minimum atomic E-state index is -0.921. The van der Waals surface area contributed by atoms with E-state index in [9.17, 15) is 9.59 Å². The molecule has 0 radical (unpaired) electrons. The Labute approximate surface area is 127 Å². The van der Waals surface area contributed by atoms with Crippen molar-refractivity contribution in [1.82, 2.24) is 4.90 Å². The van der Waals surface area contributed by atoms with E-state index in [0.29, 0.717) is 25.8 Å². The van der Waals surface area contributed by atoms with Gasteiger partial charge in [0.25, 0.3) is 0 Å². The van der Waals surface area contributed by atoms with E-state index in [4.69, 9.17) is 9.47 Å². The number of hydrogen-bond donors (Lipinski definition) is 0. The monoisotopic (exact) mass is 297 g/mol. The van der Waals surface area contributed by atoms with Gasteiger partial charge in [-0.15, -0.1) is 6.58 Å². The molecule has 21 heavy (non-hydrogen) atoms. The zero-order chi connectivity index (χ0) is 16.3. The molecule has 1 unspecified atom stereocenters. The maximum atomic E-state index is 12.4. The van der Waals surface area contributed by atoms with Crippen molar-refractivity contribution in [3.8, 4) is 0 Å². The van der Waals surface area contributed by atoms with E-state index in [-0.39, 0.29) is 5.97 Å². The fourth-order valence-corrected chi connectivity index (χ4v) is 2.65. The van der Waals surface area contributed by atoms with E-state index in [0.717, 1.165) is 12.0 Å². The molecule has 0 aromatic rings. The molecule has 1 heterocycles. The number of allylic oxidation sites excluding steroid dienone is 1. The van der Waals surface area contributed by atoms with Crippen LogP contribution in [0, 0.1) is 0 Å². The molecule has 1 saturated heterocycles. The van der Waals surface area contributed by atoms with Gasteiger partial charge in [-0.3, -0.25) is 4.90 Å². The smallest absolute Gasteiger partial charge is 0.411 e. The van der Waals surface area contributed by atoms with Gasteiger partial charge < -0.3 is 9.47 Å². The number of hydrogen-bond acceptors (Lipinski definition) is 4. The topological polar surface area (TPSA) is 55.8 Å². The van der Waals surface area contributed by atoms with Gasteiger partial charge in [-0.05, 0) is 53.4 Å². The molecule has 1 aliphatic heterocycles. The number of likely N-dealkylation sites (tertiary alicyclic amines) is 1. The second-order valence-electron chi connectivity index (χ2n) is 6.72. The van der Waals surface area contributed by atoms with Gasteiger partial charge in [0.05, 0.1) is 7.11 Å². The normalized spacial score (nSPS) is 22.0. The van der Waals surface area contributed by atoms with Gasteiger partial charge in [0.2, 0.25) is 0 Å². The average molecular weight is 297 g/mol. The summed E-state index contributed by atoms with van der Waals surface area (Å²) in [6, 6.07) is 0. The summed E-state index contributed by atoms with van der Waals surface area (Å²) < 4.78 is 10.4. The van der Waals surface area contributed by atoms with Crippen LogP contribution in [0.25, 0.3) is 0 Å². The molecule has 0 aromatic carbocycles. The maximum absolute atomic E-state index is 12.4. The first-order chi connectivity index (χ1) is 9.62. The summed E-state index contributed by atoms with van der Waals surface area (Å²) in [6.45, 7) is 11.7. The molecule has 0 N–H and O–H groups in total. The van der Waals surface area contributed by atoms with Crippen LogP contribution in [-0.4, -0.2) is 41.8 Å². The van der Waals surface area contributed by atoms with E-state index in [1.807, 2.05) is 27.7 Å². The van der Waals surface area contributed by atoms with E-state index in [1.165, 1.54) is 12.0 Å². The van der Waals surface area contributed by atoms with Crippen LogP contribution in [0.4, 0.5) is 4.79 Å². The van der Waals surface area contributed by atoms with Crippen LogP contribution in [0.5, 0.6) is 0 Å². The van der Waals surface area contributed by atoms with Crippen LogP contribution in [0.1, 0.15) is 53.4 Å². The molecule has 0 bridgehead atoms. The molecule has 1 atom stereocenters. The van der Waals surface area contributed by atoms with E-state index in [2.05, 4.69) is 6.58 Å². The van der Waals surface area contributed by atoms with Crippen molar-refractivity contribution < 1.29 is 19.1 Å². The zero-order valence-electron chi connectivity index (χ0n) is 13.8. The lowest BCUT2D eigenvalue weighted by Crippen LogP contribution is -2.54. The Morgan fingerprint density at radius 3 is 2.43 bits per heavy atom. The lowest BCUT2D eigenvalue weighted by molar-refractivity contribution is -0.153. The summed E-state index contributed by atoms with van der Waals surface area (Å²) in [7, 11) is 1.36. The van der Waals surface area contributed by atoms with Gasteiger partial charge in [0.1, 0.15) is 11.1 Å². The first-order valence-corrected chi connectivity index (χ1v) is 7.36. The highest BCUT2D eigenvalue weighted by Gasteiger charge is 2.51. The molecule has 1 fully saturated rings. The molecule has 1 aliphatic rings. The van der Waals surface area contributed by atoms with Crippen molar-refractivity contribution in [2.45, 2.75) is 64.5 Å². The number of methoxy groups -OCH3 is 1. The number of esters is 1. The Bertz CT molecular complexity index is 424. The number of ether oxygens (including phenoxy) is 2. The van der Waals surface area contributed by atoms with E-state index < -0.39 is 17.2 Å². The van der Waals surface area contributed by atoms with Crippen molar-refractivity contribution in [2.24, 2.45) is 0 Å². The molecule has 0 saturated carbocycles. The van der Waals surface area contributed by atoms with Crippen LogP contribution in [0.15, 0.2) is 12.2 Å². The zero-order valence-corrected chi connectivity index (χ0v) is 13.8. The number of rotatable bonds is 4. The summed E-state index contributed by atoms with van der Waals surface area (Å²) >= 11 is 0. The molecule has 1 rings (SSSR count). The Kier molecular flexibility index (Phi) is 5.42. The summed E-state index contributed by atoms with van der Waals surface area (Å²) in [5.74, 6) is -0.368. The summed E-state index contributed by atoms with van der Waals surface area (Å²) in [4.78, 5) is 26.3. The minimum Gasteiger partial charge on any atom is -0.467 e. The molecular weight excluding hydrogens is 270 g/mol. The van der Waals surface area contributed by atoms with Gasteiger partial charge in [-0.25, -0.2) is 9.59 Å². The van der Waals surface area contributed by atoms with Crippen LogP contribution in [-0.2, 0) is 14.3 Å². The lowest BCUT2D eigenvalue weighted by Gasteiger charge is -2.37. The standard InChI is InChI=1S/C16H27NO4/c1-12(2)8-10-16(13(18)20-6)9-7-11-17(16)14(19)21-15(3,4)5/h1,7-11H2,2-6H3. The Hall–Kier alpha value is -1.52. The molecule has 0 aromatic heterocycles.